The van der Waals surface area contributed by atoms with Crippen LogP contribution in [0.4, 0.5) is 4.79 Å². The van der Waals surface area contributed by atoms with E-state index in [0.29, 0.717) is 18.7 Å². The Morgan fingerprint density at radius 3 is 2.49 bits per heavy atom. The number of hydrogen-bond donors (Lipinski definition) is 3. The van der Waals surface area contributed by atoms with Crippen molar-refractivity contribution in [3.05, 3.63) is 60.7 Å². The number of aromatic nitrogens is 1. The molecule has 2 aliphatic heterocycles. The molecule has 0 radical (unpaired) electrons. The molecular weight excluding hydrogens is 600 g/mol. The summed E-state index contributed by atoms with van der Waals surface area (Å²) in [6, 6.07) is 13.6. The zero-order chi connectivity index (χ0) is 33.3. The zero-order valence-electron chi connectivity index (χ0n) is 27.0. The van der Waals surface area contributed by atoms with Crippen molar-refractivity contribution < 1.29 is 33.8 Å². The summed E-state index contributed by atoms with van der Waals surface area (Å²) in [4.78, 5) is 59.7. The molecule has 5 atom stereocenters. The Labute approximate surface area is 273 Å². The monoisotopic (exact) mass is 642 g/mol. The van der Waals surface area contributed by atoms with E-state index in [4.69, 9.17) is 14.5 Å². The molecule has 0 bridgehead atoms. The summed E-state index contributed by atoms with van der Waals surface area (Å²) in [5, 5.41) is 18.4. The number of aliphatic carboxylic acids is 1. The number of allylic oxidation sites excluding steroid dienone is 1. The van der Waals surface area contributed by atoms with E-state index in [1.807, 2.05) is 60.7 Å². The summed E-state index contributed by atoms with van der Waals surface area (Å²) in [5.74, 6) is -2.06. The number of amides is 3. The van der Waals surface area contributed by atoms with Gasteiger partial charge in [0.1, 0.15) is 29.3 Å². The first-order valence-corrected chi connectivity index (χ1v) is 16.4. The van der Waals surface area contributed by atoms with Crippen LogP contribution in [0.15, 0.2) is 60.7 Å². The van der Waals surface area contributed by atoms with Crippen molar-refractivity contribution >= 4 is 45.6 Å². The SMILES string of the molecule is CC(C)(C)OC(=O)NC1CCCCCC=CC2CC2(C(=O)O)NC(=O)C2CC(Oc3nc4ccccc4c4ccccc34)CN2C1=O. The molecule has 6 rings (SSSR count). The smallest absolute Gasteiger partial charge is 0.408 e. The number of alkyl carbamates (subject to hydrolysis) is 1. The number of nitrogens with zero attached hydrogens (tertiary/aromatic N) is 2. The van der Waals surface area contributed by atoms with Gasteiger partial charge in [0.2, 0.25) is 17.7 Å². The molecule has 3 N–H and O–H groups in total. The molecule has 3 heterocycles. The minimum atomic E-state index is -1.42. The molecule has 1 saturated carbocycles. The molecule has 1 aliphatic carbocycles. The number of pyridine rings is 1. The fourth-order valence-corrected chi connectivity index (χ4v) is 6.72. The number of hydrogen-bond acceptors (Lipinski definition) is 7. The molecule has 3 aliphatic rings. The van der Waals surface area contributed by atoms with E-state index in [0.717, 1.165) is 40.9 Å². The van der Waals surface area contributed by atoms with Crippen LogP contribution in [0, 0.1) is 5.92 Å². The van der Waals surface area contributed by atoms with Crippen LogP contribution in [0.5, 0.6) is 5.88 Å². The fourth-order valence-electron chi connectivity index (χ4n) is 6.72. The van der Waals surface area contributed by atoms with Crippen molar-refractivity contribution in [2.24, 2.45) is 5.92 Å². The molecule has 3 amide bonds. The number of ether oxygens (including phenoxy) is 2. The van der Waals surface area contributed by atoms with Crippen LogP contribution in [0.2, 0.25) is 0 Å². The molecular formula is C36H42N4O7. The van der Waals surface area contributed by atoms with Crippen LogP contribution in [0.25, 0.3) is 21.7 Å². The van der Waals surface area contributed by atoms with Crippen LogP contribution >= 0.6 is 0 Å². The summed E-state index contributed by atoms with van der Waals surface area (Å²) < 4.78 is 12.0. The second kappa shape index (κ2) is 12.8. The molecule has 2 aromatic carbocycles. The Morgan fingerprint density at radius 2 is 1.74 bits per heavy atom. The molecule has 11 heteroatoms. The minimum absolute atomic E-state index is 0.0512. The highest BCUT2D eigenvalue weighted by Gasteiger charge is 2.61. The van der Waals surface area contributed by atoms with Gasteiger partial charge in [0.25, 0.3) is 0 Å². The van der Waals surface area contributed by atoms with E-state index in [9.17, 15) is 24.3 Å². The van der Waals surface area contributed by atoms with Gasteiger partial charge in [-0.2, -0.15) is 0 Å². The maximum atomic E-state index is 14.3. The zero-order valence-corrected chi connectivity index (χ0v) is 27.0. The van der Waals surface area contributed by atoms with E-state index in [1.54, 1.807) is 20.8 Å². The Balaban J connectivity index is 1.33. The van der Waals surface area contributed by atoms with E-state index < -0.39 is 53.2 Å². The Bertz CT molecular complexity index is 1730. The second-order valence-electron chi connectivity index (χ2n) is 13.8. The quantitative estimate of drug-likeness (QED) is 0.263. The number of benzene rings is 2. The summed E-state index contributed by atoms with van der Waals surface area (Å²) in [6.45, 7) is 5.29. The third-order valence-corrected chi connectivity index (χ3v) is 9.16. The number of nitrogens with one attached hydrogen (secondary N) is 2. The maximum absolute atomic E-state index is 14.3. The van der Waals surface area contributed by atoms with Gasteiger partial charge in [0.05, 0.1) is 12.1 Å². The molecule has 2 fully saturated rings. The fraction of sp³-hybridized carbons (Fsp3) is 0.472. The summed E-state index contributed by atoms with van der Waals surface area (Å²) in [5.41, 5.74) is -1.44. The number of carbonyl (C=O) groups excluding carboxylic acids is 3. The first kappa shape index (κ1) is 32.3. The van der Waals surface area contributed by atoms with Gasteiger partial charge in [0.15, 0.2) is 0 Å². The van der Waals surface area contributed by atoms with Crippen molar-refractivity contribution in [1.82, 2.24) is 20.5 Å². The first-order chi connectivity index (χ1) is 22.4. The van der Waals surface area contributed by atoms with Crippen molar-refractivity contribution in [3.8, 4) is 5.88 Å². The van der Waals surface area contributed by atoms with Crippen molar-refractivity contribution in [1.29, 1.82) is 0 Å². The lowest BCUT2D eigenvalue weighted by molar-refractivity contribution is -0.145. The Hall–Kier alpha value is -4.67. The number of carbonyl (C=O) groups is 4. The first-order valence-electron chi connectivity index (χ1n) is 16.4. The van der Waals surface area contributed by atoms with Crippen molar-refractivity contribution in [3.63, 3.8) is 0 Å². The molecule has 0 spiro atoms. The van der Waals surface area contributed by atoms with Gasteiger partial charge in [-0.3, -0.25) is 9.59 Å². The van der Waals surface area contributed by atoms with Gasteiger partial charge in [-0.05, 0) is 64.0 Å². The number of fused-ring (bicyclic) bond motifs is 5. The van der Waals surface area contributed by atoms with Gasteiger partial charge in [-0.15, -0.1) is 0 Å². The van der Waals surface area contributed by atoms with Gasteiger partial charge in [0, 0.05) is 23.1 Å². The lowest BCUT2D eigenvalue weighted by Gasteiger charge is -2.30. The van der Waals surface area contributed by atoms with Gasteiger partial charge >= 0.3 is 12.1 Å². The number of para-hydroxylation sites is 1. The highest BCUT2D eigenvalue weighted by Crippen LogP contribution is 2.45. The second-order valence-corrected chi connectivity index (χ2v) is 13.8. The normalized spacial score (nSPS) is 26.8. The average molecular weight is 643 g/mol. The molecule has 3 aromatic rings. The van der Waals surface area contributed by atoms with Crippen molar-refractivity contribution in [2.75, 3.05) is 6.54 Å². The van der Waals surface area contributed by atoms with Gasteiger partial charge in [-0.1, -0.05) is 61.4 Å². The summed E-state index contributed by atoms with van der Waals surface area (Å²) >= 11 is 0. The van der Waals surface area contributed by atoms with Crippen LogP contribution in [-0.4, -0.2) is 74.7 Å². The van der Waals surface area contributed by atoms with Gasteiger partial charge < -0.3 is 30.1 Å². The lowest BCUT2D eigenvalue weighted by atomic mass is 10.0. The molecule has 11 nitrogen and oxygen atoms in total. The number of rotatable bonds is 4. The molecule has 1 saturated heterocycles. The van der Waals surface area contributed by atoms with E-state index in [2.05, 4.69) is 10.6 Å². The summed E-state index contributed by atoms with van der Waals surface area (Å²) in [6.07, 6.45) is 6.34. The third-order valence-electron chi connectivity index (χ3n) is 9.16. The van der Waals surface area contributed by atoms with Crippen LogP contribution < -0.4 is 15.4 Å². The predicted octanol–water partition coefficient (Wildman–Crippen LogP) is 5.11. The topological polar surface area (TPSA) is 147 Å². The lowest BCUT2D eigenvalue weighted by Crippen LogP contribution is -2.56. The Morgan fingerprint density at radius 1 is 1.02 bits per heavy atom. The van der Waals surface area contributed by atoms with E-state index in [1.165, 1.54) is 4.90 Å². The molecule has 5 unspecified atom stereocenters. The molecule has 47 heavy (non-hydrogen) atoms. The summed E-state index contributed by atoms with van der Waals surface area (Å²) in [7, 11) is 0. The average Bonchev–Trinajstić information content (AvgIpc) is 3.56. The van der Waals surface area contributed by atoms with Crippen LogP contribution in [0.3, 0.4) is 0 Å². The van der Waals surface area contributed by atoms with Crippen LogP contribution in [-0.2, 0) is 19.1 Å². The highest BCUT2D eigenvalue weighted by molar-refractivity contribution is 6.07. The minimum Gasteiger partial charge on any atom is -0.479 e. The van der Waals surface area contributed by atoms with E-state index in [-0.39, 0.29) is 25.3 Å². The predicted molar refractivity (Wildman–Crippen MR) is 176 cm³/mol. The van der Waals surface area contributed by atoms with Crippen LogP contribution in [0.1, 0.15) is 65.7 Å². The van der Waals surface area contributed by atoms with Crippen molar-refractivity contribution in [2.45, 2.75) is 95.0 Å². The Kier molecular flexibility index (Phi) is 8.82. The van der Waals surface area contributed by atoms with Gasteiger partial charge in [-0.25, -0.2) is 14.6 Å². The standard InChI is InChI=1S/C36H42N4O7/c1-35(2,3)47-34(45)38-28-18-8-6-4-5-7-13-22-20-36(22,33(43)44)39-30(41)29-19-23(21-40(29)32(28)42)46-31-26-16-10-9-14-24(26)25-15-11-12-17-27(25)37-31/h7,9-17,22-23,28-29H,4-6,8,18-21H2,1-3H3,(H,38,45)(H,39,41)(H,43,44). The third kappa shape index (κ3) is 6.89. The number of carboxylic acid groups (broad SMARTS) is 1. The molecule has 1 aromatic heterocycles. The highest BCUT2D eigenvalue weighted by atomic mass is 16.6. The van der Waals surface area contributed by atoms with E-state index >= 15 is 0 Å². The molecule has 248 valence electrons. The maximum Gasteiger partial charge on any atom is 0.408 e. The largest absolute Gasteiger partial charge is 0.479 e. The number of carboxylic acids is 1.